The maximum atomic E-state index is 14.8. The highest BCUT2D eigenvalue weighted by atomic mass is 16.8. The fraction of sp³-hybridized carbons (Fsp3) is 0.585. The number of amides is 2. The number of allylic oxidation sites excluding steroid dienone is 1. The first-order chi connectivity index (χ1) is 25.8. The number of aliphatic hydroxyl groups is 1. The molecule has 2 bridgehead atoms. The SMILES string of the molecule is O=C(NCCO)c1cccc(CNC(=O)[C@@]23C[C@H]4OC(=O)[C@@H]2N(Cc2cccc(C=CC5CCC6OC6C5)c2)O[C@@H]3[C@H]2OC(C3CC3)(C3CC3)O[C@H]24)c1. The summed E-state index contributed by atoms with van der Waals surface area (Å²) >= 11 is 0. The van der Waals surface area contributed by atoms with Gasteiger partial charge in [-0.05, 0) is 79.7 Å². The first kappa shape index (κ1) is 33.9. The number of hydrogen-bond acceptors (Lipinski definition) is 10. The summed E-state index contributed by atoms with van der Waals surface area (Å²) in [4.78, 5) is 48.4. The van der Waals surface area contributed by atoms with E-state index < -0.39 is 47.6 Å². The van der Waals surface area contributed by atoms with Crippen molar-refractivity contribution in [3.05, 3.63) is 76.9 Å². The van der Waals surface area contributed by atoms with Gasteiger partial charge in [0.25, 0.3) is 5.91 Å². The highest BCUT2D eigenvalue weighted by Crippen LogP contribution is 2.63. The molecule has 2 aromatic rings. The van der Waals surface area contributed by atoms with Crippen molar-refractivity contribution in [2.24, 2.45) is 23.2 Å². The lowest BCUT2D eigenvalue weighted by Gasteiger charge is -2.48. The summed E-state index contributed by atoms with van der Waals surface area (Å²) in [6, 6.07) is 14.2. The molecule has 12 nitrogen and oxygen atoms in total. The van der Waals surface area contributed by atoms with E-state index in [0.29, 0.717) is 35.5 Å². The Morgan fingerprint density at radius 2 is 1.70 bits per heavy atom. The number of carbonyl (C=O) groups is 3. The van der Waals surface area contributed by atoms with Crippen LogP contribution in [-0.2, 0) is 46.5 Å². The summed E-state index contributed by atoms with van der Waals surface area (Å²) in [5.41, 5.74) is 1.88. The van der Waals surface area contributed by atoms with Crippen LogP contribution >= 0.6 is 0 Å². The molecule has 2 aromatic carbocycles. The van der Waals surface area contributed by atoms with Gasteiger partial charge in [0.2, 0.25) is 5.91 Å². The molecule has 4 aliphatic carbocycles. The number of hydrogen-bond donors (Lipinski definition) is 3. The molecule has 0 aromatic heterocycles. The molecule has 3 unspecified atom stereocenters. The molecule has 12 heteroatoms. The molecular weight excluding hydrogens is 678 g/mol. The van der Waals surface area contributed by atoms with Crippen LogP contribution < -0.4 is 10.6 Å². The molecule has 0 spiro atoms. The van der Waals surface area contributed by atoms with E-state index in [0.717, 1.165) is 61.6 Å². The van der Waals surface area contributed by atoms with Crippen LogP contribution in [0.5, 0.6) is 0 Å². The largest absolute Gasteiger partial charge is 0.458 e. The number of hydroxylamine groups is 2. The van der Waals surface area contributed by atoms with Gasteiger partial charge >= 0.3 is 5.97 Å². The van der Waals surface area contributed by atoms with Crippen molar-refractivity contribution >= 4 is 23.9 Å². The number of epoxide rings is 1. The van der Waals surface area contributed by atoms with Gasteiger partial charge in [-0.25, -0.2) is 0 Å². The molecule has 8 aliphatic rings. The standard InChI is InChI=1S/C41H47N3O9/c45-16-15-42-37(46)27-6-2-4-25(18-27)21-43-39(48)40-20-32-33-34(52-41(51-33,28-10-11-28)29-12-13-29)36(40)53-44(35(40)38(47)50-32)22-26-5-1-3-23(17-26)7-8-24-9-14-30-31(19-24)49-30/h1-8,17-18,24,28-36,45H,9-16,19-22H2,(H,42,46)(H,43,48)/t24?,30?,31?,32-,33+,34+,35+,36-,40+/m1/s1. The number of esters is 1. The quantitative estimate of drug-likeness (QED) is 0.220. The Bertz CT molecular complexity index is 1810. The van der Waals surface area contributed by atoms with Gasteiger partial charge in [0.1, 0.15) is 29.8 Å². The minimum atomic E-state index is -1.29. The van der Waals surface area contributed by atoms with Gasteiger partial charge in [-0.3, -0.25) is 19.2 Å². The zero-order valence-electron chi connectivity index (χ0n) is 29.7. The number of nitrogens with one attached hydrogen (secondary N) is 2. The maximum Gasteiger partial charge on any atom is 0.327 e. The number of ether oxygens (including phenoxy) is 4. The Balaban J connectivity index is 0.934. The summed E-state index contributed by atoms with van der Waals surface area (Å²) in [6.45, 7) is 0.405. The third-order valence-electron chi connectivity index (χ3n) is 12.8. The first-order valence-electron chi connectivity index (χ1n) is 19.5. The van der Waals surface area contributed by atoms with Gasteiger partial charge < -0.3 is 34.7 Å². The lowest BCUT2D eigenvalue weighted by Crippen LogP contribution is -2.69. The van der Waals surface area contributed by atoms with Crippen LogP contribution in [-0.4, -0.2) is 89.6 Å². The van der Waals surface area contributed by atoms with Crippen LogP contribution in [0.25, 0.3) is 6.08 Å². The van der Waals surface area contributed by atoms with Gasteiger partial charge in [0.15, 0.2) is 11.8 Å². The second kappa shape index (κ2) is 13.0. The van der Waals surface area contributed by atoms with E-state index in [4.69, 9.17) is 28.9 Å². The van der Waals surface area contributed by atoms with Crippen LogP contribution in [0, 0.1) is 23.2 Å². The molecule has 4 heterocycles. The average molecular weight is 726 g/mol. The van der Waals surface area contributed by atoms with Crippen molar-refractivity contribution in [3.8, 4) is 0 Å². The summed E-state index contributed by atoms with van der Waals surface area (Å²) < 4.78 is 25.8. The van der Waals surface area contributed by atoms with Gasteiger partial charge in [-0.2, -0.15) is 5.06 Å². The van der Waals surface area contributed by atoms with Crippen LogP contribution in [0.3, 0.4) is 0 Å². The number of aliphatic hydroxyl groups excluding tert-OH is 1. The van der Waals surface area contributed by atoms with E-state index in [1.807, 2.05) is 18.2 Å². The van der Waals surface area contributed by atoms with E-state index in [1.54, 1.807) is 23.3 Å². The molecule has 4 saturated heterocycles. The van der Waals surface area contributed by atoms with E-state index in [-0.39, 0.29) is 44.5 Å². The minimum Gasteiger partial charge on any atom is -0.458 e. The highest BCUT2D eigenvalue weighted by molar-refractivity contribution is 5.95. The van der Waals surface area contributed by atoms with Gasteiger partial charge in [-0.15, -0.1) is 0 Å². The molecule has 8 fully saturated rings. The smallest absolute Gasteiger partial charge is 0.327 e. The number of carbonyl (C=O) groups excluding carboxylic acids is 3. The van der Waals surface area contributed by atoms with E-state index >= 15 is 0 Å². The maximum absolute atomic E-state index is 14.8. The van der Waals surface area contributed by atoms with E-state index in [2.05, 4.69) is 34.9 Å². The Morgan fingerprint density at radius 3 is 2.49 bits per heavy atom. The number of benzene rings is 2. The van der Waals surface area contributed by atoms with Crippen molar-refractivity contribution in [2.45, 2.75) is 113 Å². The van der Waals surface area contributed by atoms with E-state index in [1.165, 1.54) is 0 Å². The molecule has 53 heavy (non-hydrogen) atoms. The third-order valence-corrected chi connectivity index (χ3v) is 12.8. The molecule has 3 N–H and O–H groups in total. The Labute approximate surface area is 308 Å². The Kier molecular flexibility index (Phi) is 8.31. The molecule has 0 radical (unpaired) electrons. The fourth-order valence-corrected chi connectivity index (χ4v) is 9.94. The van der Waals surface area contributed by atoms with Crippen molar-refractivity contribution in [1.29, 1.82) is 0 Å². The Morgan fingerprint density at radius 1 is 0.906 bits per heavy atom. The normalized spacial score (nSPS) is 36.4. The van der Waals surface area contributed by atoms with Gasteiger partial charge in [0, 0.05) is 36.9 Å². The lowest BCUT2D eigenvalue weighted by atomic mass is 9.62. The lowest BCUT2D eigenvalue weighted by molar-refractivity contribution is -0.235. The van der Waals surface area contributed by atoms with Gasteiger partial charge in [-0.1, -0.05) is 48.6 Å². The average Bonchev–Trinajstić information content (AvgIpc) is 4.07. The summed E-state index contributed by atoms with van der Waals surface area (Å²) in [5, 5.41) is 16.6. The zero-order valence-corrected chi connectivity index (χ0v) is 29.7. The minimum absolute atomic E-state index is 0.142. The highest BCUT2D eigenvalue weighted by Gasteiger charge is 2.78. The van der Waals surface area contributed by atoms with Crippen molar-refractivity contribution in [1.82, 2.24) is 15.7 Å². The van der Waals surface area contributed by atoms with Gasteiger partial charge in [0.05, 0.1) is 25.4 Å². The van der Waals surface area contributed by atoms with Crippen molar-refractivity contribution in [3.63, 3.8) is 0 Å². The summed E-state index contributed by atoms with van der Waals surface area (Å²) in [5.74, 6) is -0.759. The van der Waals surface area contributed by atoms with Crippen molar-refractivity contribution < 1.29 is 43.3 Å². The molecule has 4 saturated carbocycles. The molecule has 4 aliphatic heterocycles. The zero-order chi connectivity index (χ0) is 35.9. The topological polar surface area (TPSA) is 148 Å². The van der Waals surface area contributed by atoms with E-state index in [9.17, 15) is 14.4 Å². The molecular formula is C41H47N3O9. The predicted octanol–water partition coefficient (Wildman–Crippen LogP) is 3.41. The monoisotopic (exact) mass is 725 g/mol. The molecule has 280 valence electrons. The molecule has 10 rings (SSSR count). The molecule has 2 amide bonds. The van der Waals surface area contributed by atoms with Crippen LogP contribution in [0.1, 0.15) is 78.4 Å². The second-order valence-electron chi connectivity index (χ2n) is 16.4. The fourth-order valence-electron chi connectivity index (χ4n) is 9.94. The van der Waals surface area contributed by atoms with Crippen molar-refractivity contribution in [2.75, 3.05) is 13.2 Å². The summed E-state index contributed by atoms with van der Waals surface area (Å²) in [7, 11) is 0. The number of rotatable bonds is 12. The first-order valence-corrected chi connectivity index (χ1v) is 19.5. The number of fused-ring (bicyclic) bond motifs is 5. The third kappa shape index (κ3) is 5.93. The summed E-state index contributed by atoms with van der Waals surface area (Å²) in [6.07, 6.45) is 10.5. The van der Waals surface area contributed by atoms with Crippen LogP contribution in [0.15, 0.2) is 54.6 Å². The molecule has 9 atom stereocenters. The number of nitrogens with zero attached hydrogens (tertiary/aromatic N) is 1. The van der Waals surface area contributed by atoms with Crippen LogP contribution in [0.2, 0.25) is 0 Å². The Hall–Kier alpha value is -3.65. The van der Waals surface area contributed by atoms with Crippen LogP contribution in [0.4, 0.5) is 0 Å². The predicted molar refractivity (Wildman–Crippen MR) is 188 cm³/mol. The second-order valence-corrected chi connectivity index (χ2v) is 16.4.